The topological polar surface area (TPSA) is 42.7 Å². The molecule has 80 valence electrons. The Kier molecular flexibility index (Phi) is 3.63. The van der Waals surface area contributed by atoms with Crippen LogP contribution in [0.5, 0.6) is 0 Å². The third kappa shape index (κ3) is 3.87. The third-order valence-corrected chi connectivity index (χ3v) is 2.11. The smallest absolute Gasteiger partial charge is 0.137 e. The van der Waals surface area contributed by atoms with Crippen LogP contribution in [0.25, 0.3) is 0 Å². The molecule has 4 heteroatoms. The molecule has 0 aliphatic heterocycles. The lowest BCUT2D eigenvalue weighted by Crippen LogP contribution is -2.37. The molecule has 0 bridgehead atoms. The summed E-state index contributed by atoms with van der Waals surface area (Å²) < 4.78 is 1.89. The van der Waals surface area contributed by atoms with Crippen molar-refractivity contribution in [3.8, 4) is 0 Å². The van der Waals surface area contributed by atoms with Crippen LogP contribution in [0.2, 0.25) is 0 Å². The molecule has 0 fully saturated rings. The van der Waals surface area contributed by atoms with Crippen molar-refractivity contribution in [2.75, 3.05) is 6.54 Å². The summed E-state index contributed by atoms with van der Waals surface area (Å²) in [6, 6.07) is 0.410. The highest BCUT2D eigenvalue weighted by atomic mass is 15.3. The van der Waals surface area contributed by atoms with E-state index in [0.29, 0.717) is 6.04 Å². The number of rotatable bonds is 4. The molecule has 1 unspecified atom stereocenters. The Bertz CT molecular complexity index is 248. The number of nitrogens with one attached hydrogen (secondary N) is 1. The van der Waals surface area contributed by atoms with Gasteiger partial charge in [-0.3, -0.25) is 4.68 Å². The van der Waals surface area contributed by atoms with Gasteiger partial charge in [0.25, 0.3) is 0 Å². The highest BCUT2D eigenvalue weighted by Gasteiger charge is 2.10. The number of aromatic nitrogens is 3. The Labute approximate surface area is 85.7 Å². The van der Waals surface area contributed by atoms with E-state index < -0.39 is 0 Å². The largest absolute Gasteiger partial charge is 0.312 e. The summed E-state index contributed by atoms with van der Waals surface area (Å²) in [5.74, 6) is 0. The highest BCUT2D eigenvalue weighted by molar-refractivity contribution is 4.72. The zero-order chi connectivity index (χ0) is 10.6. The second-order valence-electron chi connectivity index (χ2n) is 4.69. The first-order chi connectivity index (χ1) is 6.49. The zero-order valence-electron chi connectivity index (χ0n) is 9.49. The van der Waals surface area contributed by atoms with Crippen molar-refractivity contribution < 1.29 is 0 Å². The summed E-state index contributed by atoms with van der Waals surface area (Å²) >= 11 is 0. The van der Waals surface area contributed by atoms with Crippen LogP contribution in [0, 0.1) is 0 Å². The van der Waals surface area contributed by atoms with Crippen LogP contribution in [0.1, 0.15) is 40.2 Å². The van der Waals surface area contributed by atoms with Gasteiger partial charge in [0.05, 0.1) is 6.04 Å². The zero-order valence-corrected chi connectivity index (χ0v) is 9.49. The average molecular weight is 196 g/mol. The van der Waals surface area contributed by atoms with Crippen LogP contribution in [-0.2, 0) is 0 Å². The molecular formula is C10H20N4. The minimum absolute atomic E-state index is 0.197. The van der Waals surface area contributed by atoms with Crippen LogP contribution < -0.4 is 5.32 Å². The minimum Gasteiger partial charge on any atom is -0.312 e. The quantitative estimate of drug-likeness (QED) is 0.795. The fourth-order valence-corrected chi connectivity index (χ4v) is 1.23. The van der Waals surface area contributed by atoms with Crippen molar-refractivity contribution in [3.63, 3.8) is 0 Å². The molecule has 1 aromatic rings. The van der Waals surface area contributed by atoms with Gasteiger partial charge in [0.1, 0.15) is 12.7 Å². The fraction of sp³-hybridized carbons (Fsp3) is 0.800. The third-order valence-electron chi connectivity index (χ3n) is 2.11. The first kappa shape index (κ1) is 11.2. The summed E-state index contributed by atoms with van der Waals surface area (Å²) in [7, 11) is 0. The first-order valence-corrected chi connectivity index (χ1v) is 5.08. The maximum atomic E-state index is 4.11. The average Bonchev–Trinajstić information content (AvgIpc) is 2.53. The number of hydrogen-bond acceptors (Lipinski definition) is 3. The molecule has 0 saturated carbocycles. The van der Waals surface area contributed by atoms with Crippen molar-refractivity contribution in [1.29, 1.82) is 0 Å². The van der Waals surface area contributed by atoms with Gasteiger partial charge in [-0.25, -0.2) is 4.98 Å². The molecule has 14 heavy (non-hydrogen) atoms. The Morgan fingerprint density at radius 3 is 2.64 bits per heavy atom. The lowest BCUT2D eigenvalue weighted by atomic mass is 10.1. The van der Waals surface area contributed by atoms with Crippen molar-refractivity contribution in [2.24, 2.45) is 0 Å². The molecule has 0 spiro atoms. The van der Waals surface area contributed by atoms with Crippen LogP contribution in [0.4, 0.5) is 0 Å². The molecule has 1 N–H and O–H groups in total. The van der Waals surface area contributed by atoms with E-state index in [2.05, 4.69) is 43.1 Å². The number of nitrogens with zero attached hydrogens (tertiary/aromatic N) is 3. The van der Waals surface area contributed by atoms with E-state index in [1.54, 1.807) is 12.7 Å². The molecular weight excluding hydrogens is 176 g/mol. The van der Waals surface area contributed by atoms with Crippen molar-refractivity contribution in [3.05, 3.63) is 12.7 Å². The molecule has 0 radical (unpaired) electrons. The van der Waals surface area contributed by atoms with E-state index in [0.717, 1.165) is 13.0 Å². The van der Waals surface area contributed by atoms with Gasteiger partial charge in [-0.05, 0) is 40.7 Å². The van der Waals surface area contributed by atoms with Crippen LogP contribution >= 0.6 is 0 Å². The van der Waals surface area contributed by atoms with Crippen LogP contribution in [0.3, 0.4) is 0 Å². The maximum absolute atomic E-state index is 4.11. The molecule has 1 aromatic heterocycles. The summed E-state index contributed by atoms with van der Waals surface area (Å²) in [6.45, 7) is 9.68. The first-order valence-electron chi connectivity index (χ1n) is 5.08. The van der Waals surface area contributed by atoms with Crippen LogP contribution in [-0.4, -0.2) is 26.8 Å². The van der Waals surface area contributed by atoms with Crippen LogP contribution in [0.15, 0.2) is 12.7 Å². The van der Waals surface area contributed by atoms with E-state index in [4.69, 9.17) is 0 Å². The van der Waals surface area contributed by atoms with E-state index >= 15 is 0 Å². The molecule has 1 atom stereocenters. The van der Waals surface area contributed by atoms with Crippen molar-refractivity contribution >= 4 is 0 Å². The Hall–Kier alpha value is -0.900. The van der Waals surface area contributed by atoms with Gasteiger partial charge >= 0.3 is 0 Å². The van der Waals surface area contributed by atoms with Gasteiger partial charge in [-0.15, -0.1) is 0 Å². The lowest BCUT2D eigenvalue weighted by Gasteiger charge is -2.21. The van der Waals surface area contributed by atoms with Gasteiger partial charge in [0, 0.05) is 5.54 Å². The molecule has 4 nitrogen and oxygen atoms in total. The van der Waals surface area contributed by atoms with E-state index in [1.165, 1.54) is 0 Å². The standard InChI is InChI=1S/C10H20N4/c1-9(14-8-11-7-13-14)5-6-12-10(2,3)4/h7-9,12H,5-6H2,1-4H3. The molecule has 0 amide bonds. The lowest BCUT2D eigenvalue weighted by molar-refractivity contribution is 0.380. The molecule has 0 aromatic carbocycles. The van der Waals surface area contributed by atoms with Crippen molar-refractivity contribution in [1.82, 2.24) is 20.1 Å². The highest BCUT2D eigenvalue weighted by Crippen LogP contribution is 2.07. The molecule has 0 saturated heterocycles. The van der Waals surface area contributed by atoms with Gasteiger partial charge < -0.3 is 5.32 Å². The maximum Gasteiger partial charge on any atom is 0.137 e. The Morgan fingerprint density at radius 2 is 2.14 bits per heavy atom. The van der Waals surface area contributed by atoms with E-state index in [1.807, 2.05) is 4.68 Å². The summed E-state index contributed by atoms with van der Waals surface area (Å²) in [4.78, 5) is 3.93. The van der Waals surface area contributed by atoms with Crippen molar-refractivity contribution in [2.45, 2.75) is 45.7 Å². The second-order valence-corrected chi connectivity index (χ2v) is 4.69. The van der Waals surface area contributed by atoms with Gasteiger partial charge in [0.2, 0.25) is 0 Å². The minimum atomic E-state index is 0.197. The Balaban J connectivity index is 2.26. The summed E-state index contributed by atoms with van der Waals surface area (Å²) in [6.07, 6.45) is 4.41. The van der Waals surface area contributed by atoms with Gasteiger partial charge in [-0.2, -0.15) is 5.10 Å². The normalized spacial score (nSPS) is 14.3. The second kappa shape index (κ2) is 4.55. The molecule has 0 aliphatic rings. The predicted molar refractivity (Wildman–Crippen MR) is 57.1 cm³/mol. The monoisotopic (exact) mass is 196 g/mol. The summed E-state index contributed by atoms with van der Waals surface area (Å²) in [5, 5.41) is 7.56. The predicted octanol–water partition coefficient (Wildman–Crippen LogP) is 1.62. The molecule has 1 heterocycles. The SMILES string of the molecule is CC(CCNC(C)(C)C)n1cncn1. The fourth-order valence-electron chi connectivity index (χ4n) is 1.23. The Morgan fingerprint density at radius 1 is 1.43 bits per heavy atom. The number of hydrogen-bond donors (Lipinski definition) is 1. The summed E-state index contributed by atoms with van der Waals surface area (Å²) in [5.41, 5.74) is 0.197. The van der Waals surface area contributed by atoms with E-state index in [9.17, 15) is 0 Å². The molecule has 0 aliphatic carbocycles. The van der Waals surface area contributed by atoms with Gasteiger partial charge in [-0.1, -0.05) is 0 Å². The van der Waals surface area contributed by atoms with E-state index in [-0.39, 0.29) is 5.54 Å². The van der Waals surface area contributed by atoms with Gasteiger partial charge in [0.15, 0.2) is 0 Å². The molecule has 1 rings (SSSR count).